The van der Waals surface area contributed by atoms with Crippen molar-refractivity contribution in [1.29, 1.82) is 0 Å². The molecule has 0 saturated carbocycles. The molecule has 150 valence electrons. The van der Waals surface area contributed by atoms with Crippen molar-refractivity contribution in [2.45, 2.75) is 38.1 Å². The predicted molar refractivity (Wildman–Crippen MR) is 104 cm³/mol. The number of amides is 1. The zero-order chi connectivity index (χ0) is 20.6. The minimum absolute atomic E-state index is 0.304. The van der Waals surface area contributed by atoms with Gasteiger partial charge in [0.05, 0.1) is 5.69 Å². The number of carbonyl (C=O) groups excluding carboxylic acids is 2. The number of aromatic nitrogens is 3. The van der Waals surface area contributed by atoms with Crippen molar-refractivity contribution >= 4 is 23.5 Å². The summed E-state index contributed by atoms with van der Waals surface area (Å²) < 4.78 is 22.5. The average Bonchev–Trinajstić information content (AvgIpc) is 3.29. The molecule has 3 aromatic rings. The van der Waals surface area contributed by atoms with E-state index in [1.807, 2.05) is 6.07 Å². The largest absolute Gasteiger partial charge is 0.355 e. The Hall–Kier alpha value is -3.13. The van der Waals surface area contributed by atoms with Crippen LogP contribution in [0.25, 0.3) is 5.52 Å². The van der Waals surface area contributed by atoms with Gasteiger partial charge in [-0.1, -0.05) is 32.0 Å². The van der Waals surface area contributed by atoms with Gasteiger partial charge in [-0.25, -0.2) is 13.9 Å². The third kappa shape index (κ3) is 3.09. The maximum Gasteiger partial charge on any atom is 0.256 e. The van der Waals surface area contributed by atoms with Crippen molar-refractivity contribution < 1.29 is 18.7 Å². The second-order valence-electron chi connectivity index (χ2n) is 7.18. The minimum Gasteiger partial charge on any atom is -0.355 e. The van der Waals surface area contributed by atoms with Crippen LogP contribution in [0, 0.1) is 5.92 Å². The molecular formula is C21H21FN4O3. The molecule has 3 heterocycles. The Balaban J connectivity index is 1.68. The molecule has 0 spiro atoms. The van der Waals surface area contributed by atoms with Crippen molar-refractivity contribution in [2.75, 3.05) is 5.32 Å². The molecule has 1 aliphatic rings. The number of halogens is 1. The van der Waals surface area contributed by atoms with Crippen LogP contribution in [0.15, 0.2) is 48.8 Å². The number of hydrogen-bond acceptors (Lipinski definition) is 5. The number of rotatable bonds is 5. The van der Waals surface area contributed by atoms with Crippen LogP contribution in [0.2, 0.25) is 0 Å². The van der Waals surface area contributed by atoms with E-state index in [1.165, 1.54) is 10.8 Å². The van der Waals surface area contributed by atoms with Crippen LogP contribution in [-0.4, -0.2) is 38.6 Å². The summed E-state index contributed by atoms with van der Waals surface area (Å²) in [6.45, 7) is 3.48. The quantitative estimate of drug-likeness (QED) is 0.669. The molecule has 1 aliphatic heterocycles. The zero-order valence-corrected chi connectivity index (χ0v) is 16.1. The first kappa shape index (κ1) is 19.2. The molecule has 4 atom stereocenters. The first-order valence-electron chi connectivity index (χ1n) is 9.48. The molecule has 4 rings (SSSR count). The number of aldehydes is 1. The second kappa shape index (κ2) is 7.36. The number of ether oxygens (including phenoxy) is 1. The van der Waals surface area contributed by atoms with Crippen LogP contribution in [0.1, 0.15) is 42.4 Å². The number of nitrogens with one attached hydrogen (secondary N) is 1. The summed E-state index contributed by atoms with van der Waals surface area (Å²) >= 11 is 0. The van der Waals surface area contributed by atoms with E-state index in [4.69, 9.17) is 4.74 Å². The van der Waals surface area contributed by atoms with Crippen molar-refractivity contribution in [1.82, 2.24) is 14.6 Å². The lowest BCUT2D eigenvalue weighted by molar-refractivity contribution is -0.134. The Morgan fingerprint density at radius 2 is 2.07 bits per heavy atom. The number of anilines is 1. The topological polar surface area (TPSA) is 85.6 Å². The fraction of sp³-hybridized carbons (Fsp3) is 0.333. The predicted octanol–water partition coefficient (Wildman–Crippen LogP) is 3.37. The molecule has 7 nitrogen and oxygen atoms in total. The van der Waals surface area contributed by atoms with Gasteiger partial charge >= 0.3 is 0 Å². The molecule has 2 aromatic heterocycles. The Morgan fingerprint density at radius 3 is 2.72 bits per heavy atom. The summed E-state index contributed by atoms with van der Waals surface area (Å²) in [7, 11) is 0. The smallest absolute Gasteiger partial charge is 0.256 e. The van der Waals surface area contributed by atoms with Gasteiger partial charge in [0, 0.05) is 11.5 Å². The molecule has 0 radical (unpaired) electrons. The maximum atomic E-state index is 15.1. The van der Waals surface area contributed by atoms with Crippen LogP contribution >= 0.6 is 0 Å². The normalized spacial score (nSPS) is 26.5. The zero-order valence-electron chi connectivity index (χ0n) is 16.1. The summed E-state index contributed by atoms with van der Waals surface area (Å²) in [4.78, 5) is 28.3. The van der Waals surface area contributed by atoms with E-state index in [0.717, 1.165) is 0 Å². The number of carbonyl (C=O) groups is 2. The van der Waals surface area contributed by atoms with Gasteiger partial charge in [0.1, 0.15) is 29.7 Å². The number of fused-ring (bicyclic) bond motifs is 1. The third-order valence-corrected chi connectivity index (χ3v) is 5.68. The van der Waals surface area contributed by atoms with E-state index >= 15 is 4.39 Å². The lowest BCUT2D eigenvalue weighted by Gasteiger charge is -2.24. The molecule has 1 aromatic carbocycles. The van der Waals surface area contributed by atoms with Gasteiger partial charge in [-0.15, -0.1) is 0 Å². The molecule has 0 bridgehead atoms. The van der Waals surface area contributed by atoms with E-state index < -0.39 is 23.8 Å². The van der Waals surface area contributed by atoms with Crippen molar-refractivity contribution in [2.24, 2.45) is 5.92 Å². The molecule has 1 saturated heterocycles. The summed E-state index contributed by atoms with van der Waals surface area (Å²) in [5, 5.41) is 6.97. The van der Waals surface area contributed by atoms with Gasteiger partial charge in [-0.3, -0.25) is 4.79 Å². The Kier molecular flexibility index (Phi) is 4.87. The standard InChI is InChI=1S/C21H21FN4O3/c1-3-21(11-27)13(2)17(22)18(29-21)15-9-10-16-19(23-12-24-26(15)16)25-20(28)14-7-5-4-6-8-14/h4-13,17-18H,3H2,1-2H3,(H,23,24,25,28)/t13-,17+,18-,21-/m0/s1. The third-order valence-electron chi connectivity index (χ3n) is 5.68. The van der Waals surface area contributed by atoms with E-state index in [1.54, 1.807) is 50.2 Å². The van der Waals surface area contributed by atoms with E-state index in [9.17, 15) is 9.59 Å². The number of alkyl halides is 1. The van der Waals surface area contributed by atoms with Gasteiger partial charge in [-0.2, -0.15) is 5.10 Å². The van der Waals surface area contributed by atoms with Gasteiger partial charge in [-0.05, 0) is 30.7 Å². The fourth-order valence-corrected chi connectivity index (χ4v) is 3.82. The highest BCUT2D eigenvalue weighted by Gasteiger charge is 2.53. The average molecular weight is 396 g/mol. The highest BCUT2D eigenvalue weighted by atomic mass is 19.1. The van der Waals surface area contributed by atoms with Crippen molar-refractivity contribution in [3.63, 3.8) is 0 Å². The van der Waals surface area contributed by atoms with Crippen molar-refractivity contribution in [3.05, 3.63) is 60.0 Å². The van der Waals surface area contributed by atoms with E-state index in [0.29, 0.717) is 35.3 Å². The SMILES string of the molecule is CC[C@@]1(C=O)O[C@@H](c2ccc3c(NC(=O)c4ccccc4)ncnn23)[C@H](F)[C@@H]1C. The molecule has 29 heavy (non-hydrogen) atoms. The first-order valence-corrected chi connectivity index (χ1v) is 9.48. The number of benzene rings is 1. The monoisotopic (exact) mass is 396 g/mol. The van der Waals surface area contributed by atoms with Gasteiger partial charge in [0.25, 0.3) is 5.91 Å². The lowest BCUT2D eigenvalue weighted by Crippen LogP contribution is -2.36. The molecule has 8 heteroatoms. The van der Waals surface area contributed by atoms with Crippen molar-refractivity contribution in [3.8, 4) is 0 Å². The van der Waals surface area contributed by atoms with Crippen LogP contribution < -0.4 is 5.32 Å². The summed E-state index contributed by atoms with van der Waals surface area (Å²) in [5.74, 6) is -0.590. The number of hydrogen-bond donors (Lipinski definition) is 1. The van der Waals surface area contributed by atoms with Gasteiger partial charge in [0.2, 0.25) is 0 Å². The Bertz CT molecular complexity index is 1050. The van der Waals surface area contributed by atoms with Gasteiger partial charge < -0.3 is 14.8 Å². The Morgan fingerprint density at radius 1 is 1.31 bits per heavy atom. The highest BCUT2D eigenvalue weighted by molar-refractivity contribution is 6.05. The molecule has 0 unspecified atom stereocenters. The van der Waals surface area contributed by atoms with Gasteiger partial charge in [0.15, 0.2) is 12.1 Å². The molecular weight excluding hydrogens is 375 g/mol. The van der Waals surface area contributed by atoms with E-state index in [-0.39, 0.29) is 5.91 Å². The van der Waals surface area contributed by atoms with Crippen LogP contribution in [0.5, 0.6) is 0 Å². The summed E-state index contributed by atoms with van der Waals surface area (Å²) in [6.07, 6.45) is 0.0576. The van der Waals surface area contributed by atoms with E-state index in [2.05, 4.69) is 15.4 Å². The maximum absolute atomic E-state index is 15.1. The second-order valence-corrected chi connectivity index (χ2v) is 7.18. The molecule has 1 amide bonds. The minimum atomic E-state index is -1.37. The Labute approximate surface area is 166 Å². The highest BCUT2D eigenvalue weighted by Crippen LogP contribution is 2.46. The van der Waals surface area contributed by atoms with Crippen LogP contribution in [-0.2, 0) is 9.53 Å². The number of nitrogens with zero attached hydrogens (tertiary/aromatic N) is 3. The molecule has 1 N–H and O–H groups in total. The lowest BCUT2D eigenvalue weighted by atomic mass is 9.86. The molecule has 0 aliphatic carbocycles. The van der Waals surface area contributed by atoms with Crippen LogP contribution in [0.4, 0.5) is 10.2 Å². The fourth-order valence-electron chi connectivity index (χ4n) is 3.82. The van der Waals surface area contributed by atoms with Crippen LogP contribution in [0.3, 0.4) is 0 Å². The summed E-state index contributed by atoms with van der Waals surface area (Å²) in [5.41, 5.74) is 0.307. The summed E-state index contributed by atoms with van der Waals surface area (Å²) in [6, 6.07) is 12.1. The first-order chi connectivity index (χ1) is 14.0. The molecule has 1 fully saturated rings.